The van der Waals surface area contributed by atoms with Crippen LogP contribution in [0.1, 0.15) is 36.5 Å². The molecule has 0 unspecified atom stereocenters. The molecule has 35 heavy (non-hydrogen) atoms. The van der Waals surface area contributed by atoms with Gasteiger partial charge in [0.1, 0.15) is 0 Å². The van der Waals surface area contributed by atoms with Gasteiger partial charge in [-0.3, -0.25) is 27.9 Å². The Balaban J connectivity index is 0.000000784. The molecule has 3 aromatic rings. The highest BCUT2D eigenvalue weighted by Gasteiger charge is 2.33. The zero-order chi connectivity index (χ0) is 26.6. The number of nitrogens with one attached hydrogen (secondary N) is 1. The van der Waals surface area contributed by atoms with E-state index >= 15 is 0 Å². The molecule has 0 radical (unpaired) electrons. The summed E-state index contributed by atoms with van der Waals surface area (Å²) in [5.74, 6) is -2.63. The number of benzene rings is 1. The molecule has 0 bridgehead atoms. The molecule has 1 aromatic carbocycles. The molecule has 0 saturated carbocycles. The zero-order valence-corrected chi connectivity index (χ0v) is 21.3. The summed E-state index contributed by atoms with van der Waals surface area (Å²) in [7, 11) is 4.98. The lowest BCUT2D eigenvalue weighted by Crippen LogP contribution is -2.42. The molecule has 0 fully saturated rings. The molecule has 3 rings (SSSR count). The summed E-state index contributed by atoms with van der Waals surface area (Å²) in [4.78, 5) is 50.3. The third-order valence-electron chi connectivity index (χ3n) is 5.62. The number of aromatic nitrogens is 4. The van der Waals surface area contributed by atoms with Crippen molar-refractivity contribution in [2.45, 2.75) is 19.8 Å². The van der Waals surface area contributed by atoms with Crippen LogP contribution in [-0.2, 0) is 28.2 Å². The third-order valence-corrected chi connectivity index (χ3v) is 5.87. The molecule has 190 valence electrons. The van der Waals surface area contributed by atoms with Gasteiger partial charge < -0.3 is 15.5 Å². The van der Waals surface area contributed by atoms with Crippen molar-refractivity contribution in [1.29, 1.82) is 0 Å². The lowest BCUT2D eigenvalue weighted by atomic mass is 9.86. The maximum absolute atomic E-state index is 13.0. The number of halogens is 1. The molecule has 0 aliphatic heterocycles. The molecule has 3 N–H and O–H groups in total. The van der Waals surface area contributed by atoms with Gasteiger partial charge in [-0.05, 0) is 30.8 Å². The quantitative estimate of drug-likeness (QED) is 0.452. The van der Waals surface area contributed by atoms with E-state index in [1.807, 2.05) is 0 Å². The van der Waals surface area contributed by atoms with Crippen molar-refractivity contribution in [3.63, 3.8) is 0 Å². The maximum Gasteiger partial charge on any atom is 0.333 e. The SMILES string of the molecule is CCNCC.Cn1c(O)c(C(c2ccc(Cl)cc2)c2c(O)n(C)c(=O)n(C)c2=O)c(=O)n(C)c1=O. The number of nitrogens with zero attached hydrogens (tertiary/aromatic N) is 4. The Labute approximate surface area is 206 Å². The van der Waals surface area contributed by atoms with Crippen LogP contribution in [0.4, 0.5) is 0 Å². The van der Waals surface area contributed by atoms with Crippen LogP contribution in [0.5, 0.6) is 11.8 Å². The monoisotopic (exact) mass is 507 g/mol. The first kappa shape index (κ1) is 27.7. The van der Waals surface area contributed by atoms with Gasteiger partial charge in [0.25, 0.3) is 11.1 Å². The molecule has 11 nitrogen and oxygen atoms in total. The van der Waals surface area contributed by atoms with Gasteiger partial charge in [0.2, 0.25) is 11.8 Å². The molecular formula is C23H30ClN5O6. The number of hydrogen-bond donors (Lipinski definition) is 3. The van der Waals surface area contributed by atoms with Crippen LogP contribution in [0, 0.1) is 0 Å². The fourth-order valence-corrected chi connectivity index (χ4v) is 3.73. The molecule has 12 heteroatoms. The van der Waals surface area contributed by atoms with Gasteiger partial charge in [0.05, 0.1) is 17.0 Å². The van der Waals surface area contributed by atoms with E-state index in [1.54, 1.807) is 0 Å². The molecule has 0 amide bonds. The summed E-state index contributed by atoms with van der Waals surface area (Å²) in [5.41, 5.74) is -3.54. The summed E-state index contributed by atoms with van der Waals surface area (Å²) < 4.78 is 3.26. The minimum atomic E-state index is -1.29. The smallest absolute Gasteiger partial charge is 0.333 e. The molecule has 0 spiro atoms. The number of aromatic hydroxyl groups is 2. The molecule has 0 saturated heterocycles. The van der Waals surface area contributed by atoms with Crippen molar-refractivity contribution in [3.8, 4) is 11.8 Å². The Bertz CT molecular complexity index is 1360. The minimum absolute atomic E-state index is 0.312. The lowest BCUT2D eigenvalue weighted by Gasteiger charge is -2.22. The first-order chi connectivity index (χ1) is 16.4. The van der Waals surface area contributed by atoms with E-state index in [0.717, 1.165) is 31.4 Å². The molecule has 0 aliphatic rings. The Morgan fingerprint density at radius 3 is 1.43 bits per heavy atom. The van der Waals surface area contributed by atoms with Crippen molar-refractivity contribution in [2.24, 2.45) is 28.2 Å². The van der Waals surface area contributed by atoms with Crippen LogP contribution in [0.15, 0.2) is 43.4 Å². The van der Waals surface area contributed by atoms with Crippen LogP contribution >= 0.6 is 11.6 Å². The van der Waals surface area contributed by atoms with Crippen molar-refractivity contribution in [2.75, 3.05) is 13.1 Å². The first-order valence-electron chi connectivity index (χ1n) is 10.8. The highest BCUT2D eigenvalue weighted by molar-refractivity contribution is 6.30. The first-order valence-corrected chi connectivity index (χ1v) is 11.2. The van der Waals surface area contributed by atoms with E-state index in [9.17, 15) is 29.4 Å². The predicted octanol–water partition coefficient (Wildman–Crippen LogP) is 0.342. The third kappa shape index (κ3) is 5.25. The second-order valence-corrected chi connectivity index (χ2v) is 8.26. The van der Waals surface area contributed by atoms with E-state index in [4.69, 9.17) is 11.6 Å². The lowest BCUT2D eigenvalue weighted by molar-refractivity contribution is 0.391. The Hall–Kier alpha value is -3.57. The Morgan fingerprint density at radius 2 is 1.11 bits per heavy atom. The summed E-state index contributed by atoms with van der Waals surface area (Å²) in [6.07, 6.45) is 0. The van der Waals surface area contributed by atoms with Crippen LogP contribution in [0.3, 0.4) is 0 Å². The Morgan fingerprint density at radius 1 is 0.743 bits per heavy atom. The van der Waals surface area contributed by atoms with Gasteiger partial charge in [-0.2, -0.15) is 0 Å². The molecular weight excluding hydrogens is 478 g/mol. The van der Waals surface area contributed by atoms with Gasteiger partial charge >= 0.3 is 11.4 Å². The zero-order valence-electron chi connectivity index (χ0n) is 20.5. The summed E-state index contributed by atoms with van der Waals surface area (Å²) in [5, 5.41) is 24.8. The van der Waals surface area contributed by atoms with Crippen LogP contribution in [0.2, 0.25) is 5.02 Å². The molecule has 0 atom stereocenters. The van der Waals surface area contributed by atoms with E-state index in [-0.39, 0.29) is 11.1 Å². The summed E-state index contributed by atoms with van der Waals surface area (Å²) in [6.45, 7) is 6.39. The normalized spacial score (nSPS) is 10.9. The second-order valence-electron chi connectivity index (χ2n) is 7.83. The highest BCUT2D eigenvalue weighted by Crippen LogP contribution is 2.36. The van der Waals surface area contributed by atoms with E-state index in [2.05, 4.69) is 19.2 Å². The molecule has 2 aromatic heterocycles. The Kier molecular flexibility index (Phi) is 8.88. The van der Waals surface area contributed by atoms with Crippen molar-refractivity contribution < 1.29 is 10.2 Å². The van der Waals surface area contributed by atoms with Gasteiger partial charge in [0, 0.05) is 33.2 Å². The standard InChI is InChI=1S/C19H19ClN4O6.C4H11N/c1-21-14(25)12(15(26)22(2)18(21)29)11(9-5-7-10(20)8-6-9)13-16(27)23(3)19(30)24(4)17(13)28;1-3-5-4-2/h5-8,11,25,27H,1-4H3;5H,3-4H2,1-2H3. The minimum Gasteiger partial charge on any atom is -0.494 e. The maximum atomic E-state index is 13.0. The number of hydrogen-bond acceptors (Lipinski definition) is 7. The molecule has 0 aliphatic carbocycles. The van der Waals surface area contributed by atoms with E-state index < -0.39 is 40.2 Å². The summed E-state index contributed by atoms with van der Waals surface area (Å²) >= 11 is 5.95. The average molecular weight is 508 g/mol. The molecule has 2 heterocycles. The number of rotatable bonds is 5. The van der Waals surface area contributed by atoms with Gasteiger partial charge in [0.15, 0.2) is 0 Å². The predicted molar refractivity (Wildman–Crippen MR) is 134 cm³/mol. The fraction of sp³-hybridized carbons (Fsp3) is 0.391. The topological polar surface area (TPSA) is 140 Å². The second kappa shape index (κ2) is 11.2. The van der Waals surface area contributed by atoms with Gasteiger partial charge in [-0.15, -0.1) is 0 Å². The van der Waals surface area contributed by atoms with Gasteiger partial charge in [-0.25, -0.2) is 9.59 Å². The average Bonchev–Trinajstić information content (AvgIpc) is 2.84. The fourth-order valence-electron chi connectivity index (χ4n) is 3.61. The van der Waals surface area contributed by atoms with Crippen LogP contribution in [0.25, 0.3) is 0 Å². The van der Waals surface area contributed by atoms with Crippen molar-refractivity contribution >= 4 is 11.6 Å². The van der Waals surface area contributed by atoms with E-state index in [0.29, 0.717) is 10.6 Å². The summed E-state index contributed by atoms with van der Waals surface area (Å²) in [6, 6.07) is 6.05. The van der Waals surface area contributed by atoms with Gasteiger partial charge in [-0.1, -0.05) is 37.6 Å². The van der Waals surface area contributed by atoms with Crippen LogP contribution < -0.4 is 27.8 Å². The van der Waals surface area contributed by atoms with Crippen molar-refractivity contribution in [1.82, 2.24) is 23.6 Å². The van der Waals surface area contributed by atoms with Crippen molar-refractivity contribution in [3.05, 3.63) is 87.7 Å². The van der Waals surface area contributed by atoms with E-state index in [1.165, 1.54) is 52.5 Å². The van der Waals surface area contributed by atoms with Crippen LogP contribution in [-0.4, -0.2) is 41.6 Å². The highest BCUT2D eigenvalue weighted by atomic mass is 35.5. The largest absolute Gasteiger partial charge is 0.494 e.